The number of hydrogen-bond donors (Lipinski definition) is 1. The Kier molecular flexibility index (Phi) is 2.97. The molecule has 0 saturated carbocycles. The Labute approximate surface area is 110 Å². The van der Waals surface area contributed by atoms with Gasteiger partial charge in [0.1, 0.15) is 11.9 Å². The van der Waals surface area contributed by atoms with Gasteiger partial charge in [0.05, 0.1) is 11.2 Å². The van der Waals surface area contributed by atoms with Gasteiger partial charge in [0.25, 0.3) is 0 Å². The van der Waals surface area contributed by atoms with Crippen molar-refractivity contribution < 1.29 is 9.50 Å². The van der Waals surface area contributed by atoms with Gasteiger partial charge in [-0.2, -0.15) is 0 Å². The Bertz CT molecular complexity index is 727. The van der Waals surface area contributed by atoms with Crippen LogP contribution in [0.1, 0.15) is 17.4 Å². The lowest BCUT2D eigenvalue weighted by Crippen LogP contribution is -2.02. The van der Waals surface area contributed by atoms with Gasteiger partial charge in [0.15, 0.2) is 0 Å². The lowest BCUT2D eigenvalue weighted by atomic mass is 10.0. The number of hydrogen-bond acceptors (Lipinski definition) is 2. The van der Waals surface area contributed by atoms with Gasteiger partial charge in [-0.15, -0.1) is 0 Å². The maximum atomic E-state index is 13.2. The van der Waals surface area contributed by atoms with E-state index in [1.165, 1.54) is 12.1 Å². The van der Waals surface area contributed by atoms with Gasteiger partial charge in [-0.25, -0.2) is 9.37 Å². The molecule has 2 nitrogen and oxygen atoms in total. The molecule has 1 aromatic heterocycles. The SMILES string of the molecule is OC(c1cccc(F)c1)c1ccc2ccccc2n1. The van der Waals surface area contributed by atoms with E-state index in [1.54, 1.807) is 18.2 Å². The van der Waals surface area contributed by atoms with Crippen LogP contribution < -0.4 is 0 Å². The molecule has 3 rings (SSSR count). The van der Waals surface area contributed by atoms with Crippen molar-refractivity contribution in [2.24, 2.45) is 0 Å². The highest BCUT2D eigenvalue weighted by molar-refractivity contribution is 5.78. The average molecular weight is 253 g/mol. The normalized spacial score (nSPS) is 12.5. The van der Waals surface area contributed by atoms with Gasteiger partial charge >= 0.3 is 0 Å². The van der Waals surface area contributed by atoms with Gasteiger partial charge in [-0.05, 0) is 29.8 Å². The number of aliphatic hydroxyl groups is 1. The van der Waals surface area contributed by atoms with Gasteiger partial charge in [0, 0.05) is 5.39 Å². The highest BCUT2D eigenvalue weighted by Crippen LogP contribution is 2.23. The first kappa shape index (κ1) is 11.8. The van der Waals surface area contributed by atoms with Crippen LogP contribution in [0.2, 0.25) is 0 Å². The molecule has 0 radical (unpaired) electrons. The number of aromatic nitrogens is 1. The van der Waals surface area contributed by atoms with Crippen molar-refractivity contribution in [3.63, 3.8) is 0 Å². The number of nitrogens with zero attached hydrogens (tertiary/aromatic N) is 1. The molecule has 1 atom stereocenters. The largest absolute Gasteiger partial charge is 0.382 e. The fourth-order valence-electron chi connectivity index (χ4n) is 2.08. The van der Waals surface area contributed by atoms with Gasteiger partial charge in [0.2, 0.25) is 0 Å². The molecule has 19 heavy (non-hydrogen) atoms. The summed E-state index contributed by atoms with van der Waals surface area (Å²) in [7, 11) is 0. The van der Waals surface area contributed by atoms with Crippen LogP contribution in [0.4, 0.5) is 4.39 Å². The lowest BCUT2D eigenvalue weighted by molar-refractivity contribution is 0.215. The van der Waals surface area contributed by atoms with Gasteiger partial charge < -0.3 is 5.11 Å². The third-order valence-corrected chi connectivity index (χ3v) is 3.06. The predicted octanol–water partition coefficient (Wildman–Crippen LogP) is 3.46. The Morgan fingerprint density at radius 1 is 0.947 bits per heavy atom. The summed E-state index contributed by atoms with van der Waals surface area (Å²) < 4.78 is 13.2. The first-order chi connectivity index (χ1) is 9.24. The quantitative estimate of drug-likeness (QED) is 0.758. The van der Waals surface area contributed by atoms with Crippen LogP contribution >= 0.6 is 0 Å². The van der Waals surface area contributed by atoms with E-state index in [9.17, 15) is 9.50 Å². The van der Waals surface area contributed by atoms with E-state index in [4.69, 9.17) is 0 Å². The molecule has 0 spiro atoms. The minimum Gasteiger partial charge on any atom is -0.382 e. The number of fused-ring (bicyclic) bond motifs is 1. The second-order valence-electron chi connectivity index (χ2n) is 4.39. The number of halogens is 1. The van der Waals surface area contributed by atoms with E-state index in [2.05, 4.69) is 4.98 Å². The molecule has 0 aliphatic carbocycles. The zero-order valence-electron chi connectivity index (χ0n) is 10.1. The van der Waals surface area contributed by atoms with Gasteiger partial charge in [-0.1, -0.05) is 36.4 Å². The average Bonchev–Trinajstić information content (AvgIpc) is 2.46. The summed E-state index contributed by atoms with van der Waals surface area (Å²) in [5.41, 5.74) is 1.84. The molecule has 3 aromatic rings. The van der Waals surface area contributed by atoms with Gasteiger partial charge in [-0.3, -0.25) is 0 Å². The Morgan fingerprint density at radius 2 is 1.79 bits per heavy atom. The Hall–Kier alpha value is -2.26. The van der Waals surface area contributed by atoms with Crippen molar-refractivity contribution in [3.05, 3.63) is 77.7 Å². The Morgan fingerprint density at radius 3 is 2.63 bits per heavy atom. The second-order valence-corrected chi connectivity index (χ2v) is 4.39. The number of rotatable bonds is 2. The lowest BCUT2D eigenvalue weighted by Gasteiger charge is -2.11. The maximum absolute atomic E-state index is 13.2. The van der Waals surface area contributed by atoms with Crippen LogP contribution in [0.25, 0.3) is 10.9 Å². The second kappa shape index (κ2) is 4.78. The molecule has 1 unspecified atom stereocenters. The Balaban J connectivity index is 2.04. The fraction of sp³-hybridized carbons (Fsp3) is 0.0625. The van der Waals surface area contributed by atoms with Crippen LogP contribution in [0, 0.1) is 5.82 Å². The predicted molar refractivity (Wildman–Crippen MR) is 72.2 cm³/mol. The van der Waals surface area contributed by atoms with E-state index in [-0.39, 0.29) is 5.82 Å². The summed E-state index contributed by atoms with van der Waals surface area (Å²) in [5.74, 6) is -0.364. The number of aliphatic hydroxyl groups excluding tert-OH is 1. The number of para-hydroxylation sites is 1. The van der Waals surface area contributed by atoms with Crippen LogP contribution in [0.3, 0.4) is 0 Å². The third-order valence-electron chi connectivity index (χ3n) is 3.06. The van der Waals surface area contributed by atoms with Crippen LogP contribution in [0.5, 0.6) is 0 Å². The third kappa shape index (κ3) is 2.33. The van der Waals surface area contributed by atoms with E-state index in [0.717, 1.165) is 10.9 Å². The van der Waals surface area contributed by atoms with Crippen LogP contribution in [0.15, 0.2) is 60.7 Å². The minimum atomic E-state index is -0.916. The molecule has 0 saturated heterocycles. The fourth-order valence-corrected chi connectivity index (χ4v) is 2.08. The standard InChI is InChI=1S/C16H12FNO/c17-13-6-3-5-12(10-13)16(19)15-9-8-11-4-1-2-7-14(11)18-15/h1-10,16,19H. The molecule has 0 aliphatic heterocycles. The topological polar surface area (TPSA) is 33.1 Å². The first-order valence-corrected chi connectivity index (χ1v) is 6.03. The highest BCUT2D eigenvalue weighted by Gasteiger charge is 2.12. The monoisotopic (exact) mass is 253 g/mol. The molecule has 2 aromatic carbocycles. The van der Waals surface area contributed by atoms with Crippen molar-refractivity contribution in [1.82, 2.24) is 4.98 Å². The first-order valence-electron chi connectivity index (χ1n) is 6.03. The summed E-state index contributed by atoms with van der Waals surface area (Å²) in [6.07, 6.45) is -0.916. The molecular weight excluding hydrogens is 241 g/mol. The van der Waals surface area contributed by atoms with Crippen molar-refractivity contribution >= 4 is 10.9 Å². The van der Waals surface area contributed by atoms with Crippen molar-refractivity contribution in [1.29, 1.82) is 0 Å². The summed E-state index contributed by atoms with van der Waals surface area (Å²) in [6.45, 7) is 0. The molecule has 94 valence electrons. The van der Waals surface area contributed by atoms with E-state index in [1.807, 2.05) is 30.3 Å². The summed E-state index contributed by atoms with van der Waals surface area (Å²) in [4.78, 5) is 4.41. The molecular formula is C16H12FNO. The zero-order valence-corrected chi connectivity index (χ0v) is 10.1. The molecule has 0 fully saturated rings. The highest BCUT2D eigenvalue weighted by atomic mass is 19.1. The number of pyridine rings is 1. The number of benzene rings is 2. The van der Waals surface area contributed by atoms with E-state index >= 15 is 0 Å². The molecule has 3 heteroatoms. The maximum Gasteiger partial charge on any atom is 0.123 e. The van der Waals surface area contributed by atoms with E-state index < -0.39 is 6.10 Å². The zero-order chi connectivity index (χ0) is 13.2. The molecule has 0 aliphatic rings. The summed E-state index contributed by atoms with van der Waals surface area (Å²) in [5, 5.41) is 11.3. The van der Waals surface area contributed by atoms with Crippen molar-refractivity contribution in [3.8, 4) is 0 Å². The van der Waals surface area contributed by atoms with Crippen LogP contribution in [-0.2, 0) is 0 Å². The van der Waals surface area contributed by atoms with Crippen molar-refractivity contribution in [2.45, 2.75) is 6.10 Å². The minimum absolute atomic E-state index is 0.364. The molecule has 0 bridgehead atoms. The molecule has 1 N–H and O–H groups in total. The smallest absolute Gasteiger partial charge is 0.123 e. The summed E-state index contributed by atoms with van der Waals surface area (Å²) in [6, 6.07) is 17.3. The molecule has 0 amide bonds. The molecule has 1 heterocycles. The van der Waals surface area contributed by atoms with E-state index in [0.29, 0.717) is 11.3 Å². The summed E-state index contributed by atoms with van der Waals surface area (Å²) >= 11 is 0. The van der Waals surface area contributed by atoms with Crippen LogP contribution in [-0.4, -0.2) is 10.1 Å². The van der Waals surface area contributed by atoms with Crippen molar-refractivity contribution in [2.75, 3.05) is 0 Å².